The van der Waals surface area contributed by atoms with Crippen molar-refractivity contribution in [1.82, 2.24) is 9.97 Å². The average molecular weight is 298 g/mol. The van der Waals surface area contributed by atoms with E-state index in [0.29, 0.717) is 0 Å². The van der Waals surface area contributed by atoms with E-state index in [1.807, 2.05) is 35.7 Å². The van der Waals surface area contributed by atoms with E-state index in [1.165, 1.54) is 0 Å². The fourth-order valence-electron chi connectivity index (χ4n) is 2.03. The van der Waals surface area contributed by atoms with E-state index in [1.54, 1.807) is 38.0 Å². The standard InChI is InChI=1S/C16H14N2O2S/c1-19-12-3-4-13(15(9-12)20-2)14-10-21-16(18-14)11-5-7-17-8-6-11/h3-10H,1-2H3. The largest absolute Gasteiger partial charge is 0.497 e. The number of nitrogens with zero attached hydrogens (tertiary/aromatic N) is 2. The van der Waals surface area contributed by atoms with Crippen molar-refractivity contribution in [1.29, 1.82) is 0 Å². The molecule has 0 aliphatic rings. The number of pyridine rings is 1. The van der Waals surface area contributed by atoms with Crippen molar-refractivity contribution in [2.75, 3.05) is 14.2 Å². The van der Waals surface area contributed by atoms with Gasteiger partial charge in [-0.25, -0.2) is 4.98 Å². The molecule has 5 heteroatoms. The number of hydrogen-bond donors (Lipinski definition) is 0. The molecule has 0 unspecified atom stereocenters. The number of thiazole rings is 1. The second kappa shape index (κ2) is 5.93. The molecule has 0 amide bonds. The Bertz CT molecular complexity index is 741. The lowest BCUT2D eigenvalue weighted by Crippen LogP contribution is -1.90. The minimum atomic E-state index is 0.751. The predicted octanol–water partition coefficient (Wildman–Crippen LogP) is 3.89. The maximum atomic E-state index is 5.43. The van der Waals surface area contributed by atoms with Gasteiger partial charge in [0.25, 0.3) is 0 Å². The molecule has 2 aromatic heterocycles. The molecule has 0 bridgehead atoms. The summed E-state index contributed by atoms with van der Waals surface area (Å²) in [7, 11) is 3.28. The summed E-state index contributed by atoms with van der Waals surface area (Å²) in [6.45, 7) is 0. The SMILES string of the molecule is COc1ccc(-c2csc(-c3ccncc3)n2)c(OC)c1. The molecule has 0 spiro atoms. The third-order valence-electron chi connectivity index (χ3n) is 3.12. The fraction of sp³-hybridized carbons (Fsp3) is 0.125. The molecule has 3 aromatic rings. The van der Waals surface area contributed by atoms with Crippen LogP contribution in [-0.4, -0.2) is 24.2 Å². The zero-order valence-corrected chi connectivity index (χ0v) is 12.6. The molecule has 0 radical (unpaired) electrons. The summed E-state index contributed by atoms with van der Waals surface area (Å²) in [5.41, 5.74) is 2.91. The zero-order chi connectivity index (χ0) is 14.7. The summed E-state index contributed by atoms with van der Waals surface area (Å²) >= 11 is 1.60. The van der Waals surface area contributed by atoms with E-state index in [2.05, 4.69) is 9.97 Å². The van der Waals surface area contributed by atoms with E-state index in [0.717, 1.165) is 33.3 Å². The molecule has 0 aliphatic carbocycles. The number of aromatic nitrogens is 2. The molecule has 1 aromatic carbocycles. The van der Waals surface area contributed by atoms with Crippen LogP contribution in [0.1, 0.15) is 0 Å². The first-order valence-corrected chi connectivity index (χ1v) is 7.28. The monoisotopic (exact) mass is 298 g/mol. The molecule has 3 rings (SSSR count). The van der Waals surface area contributed by atoms with Gasteiger partial charge in [0.1, 0.15) is 16.5 Å². The first-order valence-electron chi connectivity index (χ1n) is 6.40. The third kappa shape index (κ3) is 2.73. The van der Waals surface area contributed by atoms with Crippen LogP contribution in [0, 0.1) is 0 Å². The summed E-state index contributed by atoms with van der Waals surface area (Å²) < 4.78 is 10.6. The van der Waals surface area contributed by atoms with E-state index < -0.39 is 0 Å². The zero-order valence-electron chi connectivity index (χ0n) is 11.7. The molecular weight excluding hydrogens is 284 g/mol. The summed E-state index contributed by atoms with van der Waals surface area (Å²) in [5, 5.41) is 2.99. The molecule has 0 saturated heterocycles. The Morgan fingerprint density at radius 3 is 2.52 bits per heavy atom. The van der Waals surface area contributed by atoms with E-state index in [4.69, 9.17) is 9.47 Å². The van der Waals surface area contributed by atoms with Gasteiger partial charge >= 0.3 is 0 Å². The maximum Gasteiger partial charge on any atom is 0.131 e. The first kappa shape index (κ1) is 13.6. The Balaban J connectivity index is 2.00. The van der Waals surface area contributed by atoms with Crippen molar-refractivity contribution >= 4 is 11.3 Å². The smallest absolute Gasteiger partial charge is 0.131 e. The molecule has 21 heavy (non-hydrogen) atoms. The Morgan fingerprint density at radius 1 is 1.00 bits per heavy atom. The van der Waals surface area contributed by atoms with Crippen molar-refractivity contribution in [3.63, 3.8) is 0 Å². The summed E-state index contributed by atoms with van der Waals surface area (Å²) in [4.78, 5) is 8.71. The highest BCUT2D eigenvalue weighted by Crippen LogP contribution is 2.35. The van der Waals surface area contributed by atoms with Crippen LogP contribution in [0.3, 0.4) is 0 Å². The van der Waals surface area contributed by atoms with Crippen LogP contribution in [0.5, 0.6) is 11.5 Å². The van der Waals surface area contributed by atoms with Gasteiger partial charge in [0.05, 0.1) is 19.9 Å². The van der Waals surface area contributed by atoms with Crippen molar-refractivity contribution in [2.45, 2.75) is 0 Å². The molecular formula is C16H14N2O2S. The van der Waals surface area contributed by atoms with Crippen LogP contribution in [0.4, 0.5) is 0 Å². The highest BCUT2D eigenvalue weighted by molar-refractivity contribution is 7.13. The van der Waals surface area contributed by atoms with Gasteiger partial charge in [-0.15, -0.1) is 11.3 Å². The van der Waals surface area contributed by atoms with Gasteiger partial charge in [-0.2, -0.15) is 0 Å². The molecule has 0 N–H and O–H groups in total. The van der Waals surface area contributed by atoms with Crippen LogP contribution in [0.25, 0.3) is 21.8 Å². The molecule has 106 valence electrons. The average Bonchev–Trinajstić information content (AvgIpc) is 3.04. The van der Waals surface area contributed by atoms with Crippen molar-refractivity contribution in [3.8, 4) is 33.3 Å². The van der Waals surface area contributed by atoms with E-state index in [9.17, 15) is 0 Å². The second-order valence-electron chi connectivity index (χ2n) is 4.34. The van der Waals surface area contributed by atoms with Gasteiger partial charge in [-0.1, -0.05) is 0 Å². The number of ether oxygens (including phenoxy) is 2. The normalized spacial score (nSPS) is 10.4. The summed E-state index contributed by atoms with van der Waals surface area (Å²) in [6.07, 6.45) is 3.54. The van der Waals surface area contributed by atoms with Gasteiger partial charge in [-0.3, -0.25) is 4.98 Å². The number of rotatable bonds is 4. The van der Waals surface area contributed by atoms with Gasteiger partial charge in [-0.05, 0) is 24.3 Å². The first-order chi connectivity index (χ1) is 10.3. The molecule has 0 atom stereocenters. The number of benzene rings is 1. The second-order valence-corrected chi connectivity index (χ2v) is 5.20. The van der Waals surface area contributed by atoms with Gasteiger partial charge in [0.2, 0.25) is 0 Å². The molecule has 4 nitrogen and oxygen atoms in total. The van der Waals surface area contributed by atoms with Crippen molar-refractivity contribution in [2.24, 2.45) is 0 Å². The Labute approximate surface area is 127 Å². The fourth-order valence-corrected chi connectivity index (χ4v) is 2.86. The number of hydrogen-bond acceptors (Lipinski definition) is 5. The minimum Gasteiger partial charge on any atom is -0.497 e. The van der Waals surface area contributed by atoms with Crippen molar-refractivity contribution in [3.05, 3.63) is 48.1 Å². The van der Waals surface area contributed by atoms with Crippen LogP contribution in [0.15, 0.2) is 48.1 Å². The third-order valence-corrected chi connectivity index (χ3v) is 4.01. The minimum absolute atomic E-state index is 0.751. The topological polar surface area (TPSA) is 44.2 Å². The lowest BCUT2D eigenvalue weighted by atomic mass is 10.1. The Morgan fingerprint density at radius 2 is 1.81 bits per heavy atom. The molecule has 0 saturated carbocycles. The van der Waals surface area contributed by atoms with Crippen LogP contribution in [0.2, 0.25) is 0 Å². The lowest BCUT2D eigenvalue weighted by Gasteiger charge is -2.08. The highest BCUT2D eigenvalue weighted by atomic mass is 32.1. The van der Waals surface area contributed by atoms with Gasteiger partial charge < -0.3 is 9.47 Å². The molecule has 0 fully saturated rings. The van der Waals surface area contributed by atoms with Gasteiger partial charge in [0, 0.05) is 35.0 Å². The molecule has 0 aliphatic heterocycles. The summed E-state index contributed by atoms with van der Waals surface area (Å²) in [5.74, 6) is 1.51. The van der Waals surface area contributed by atoms with Crippen LogP contribution in [-0.2, 0) is 0 Å². The quantitative estimate of drug-likeness (QED) is 0.733. The lowest BCUT2D eigenvalue weighted by molar-refractivity contribution is 0.395. The Kier molecular flexibility index (Phi) is 3.83. The van der Waals surface area contributed by atoms with E-state index in [-0.39, 0.29) is 0 Å². The summed E-state index contributed by atoms with van der Waals surface area (Å²) in [6, 6.07) is 9.63. The maximum absolute atomic E-state index is 5.43. The van der Waals surface area contributed by atoms with Crippen molar-refractivity contribution < 1.29 is 9.47 Å². The predicted molar refractivity (Wildman–Crippen MR) is 83.9 cm³/mol. The highest BCUT2D eigenvalue weighted by Gasteiger charge is 2.12. The Hall–Kier alpha value is -2.40. The van der Waals surface area contributed by atoms with E-state index >= 15 is 0 Å². The van der Waals surface area contributed by atoms with Crippen LogP contribution >= 0.6 is 11.3 Å². The van der Waals surface area contributed by atoms with Gasteiger partial charge in [0.15, 0.2) is 0 Å². The van der Waals surface area contributed by atoms with Crippen LogP contribution < -0.4 is 9.47 Å². The number of methoxy groups -OCH3 is 2. The molecule has 2 heterocycles.